The number of hydrogen-bond donors (Lipinski definition) is 2. The van der Waals surface area contributed by atoms with Gasteiger partial charge in [0.15, 0.2) is 0 Å². The van der Waals surface area contributed by atoms with E-state index in [4.69, 9.17) is 0 Å². The van der Waals surface area contributed by atoms with Crippen LogP contribution in [0.15, 0.2) is 42.7 Å². The van der Waals surface area contributed by atoms with Crippen LogP contribution in [0.4, 0.5) is 5.69 Å². The molecule has 1 amide bonds. The van der Waals surface area contributed by atoms with Crippen molar-refractivity contribution in [3.8, 4) is 0 Å². The van der Waals surface area contributed by atoms with Crippen LogP contribution in [-0.4, -0.2) is 28.3 Å². The third kappa shape index (κ3) is 3.70. The Hall–Kier alpha value is -2.14. The largest absolute Gasteiger partial charge is 0.325 e. The van der Waals surface area contributed by atoms with Gasteiger partial charge in [-0.05, 0) is 43.1 Å². The smallest absolute Gasteiger partial charge is 0.241 e. The number of anilines is 1. The second-order valence-corrected chi connectivity index (χ2v) is 5.40. The minimum absolute atomic E-state index is 0.0611. The minimum atomic E-state index is -0.0616. The van der Waals surface area contributed by atoms with Crippen molar-refractivity contribution >= 4 is 11.6 Å². The maximum atomic E-state index is 12.2. The molecule has 5 heteroatoms. The van der Waals surface area contributed by atoms with E-state index in [0.29, 0.717) is 6.54 Å². The van der Waals surface area contributed by atoms with E-state index in [1.807, 2.05) is 41.2 Å². The van der Waals surface area contributed by atoms with Gasteiger partial charge in [-0.1, -0.05) is 18.6 Å². The Balaban J connectivity index is 1.63. The first-order chi connectivity index (χ1) is 10.3. The first-order valence-corrected chi connectivity index (χ1v) is 7.42. The number of hydrogen-bond acceptors (Lipinski definition) is 3. The summed E-state index contributed by atoms with van der Waals surface area (Å²) in [5, 5.41) is 10.5. The summed E-state index contributed by atoms with van der Waals surface area (Å²) in [5.41, 5.74) is 1.96. The van der Waals surface area contributed by atoms with Crippen molar-refractivity contribution in [2.75, 3.05) is 11.9 Å². The lowest BCUT2D eigenvalue weighted by Crippen LogP contribution is -2.43. The standard InChI is InChI=1S/C16H20N4O/c21-16(15-7-1-2-8-17-15)19-14-6-3-5-13(11-14)12-20-10-4-9-18-20/h3-6,9-11,15,17H,1-2,7-8,12H2,(H,19,21)/t15-/m1/s1. The van der Waals surface area contributed by atoms with Crippen LogP contribution < -0.4 is 10.6 Å². The van der Waals surface area contributed by atoms with Gasteiger partial charge >= 0.3 is 0 Å². The molecular weight excluding hydrogens is 264 g/mol. The van der Waals surface area contributed by atoms with E-state index in [-0.39, 0.29) is 11.9 Å². The molecule has 1 saturated heterocycles. The molecule has 1 aromatic heterocycles. The van der Waals surface area contributed by atoms with Crippen LogP contribution in [0.1, 0.15) is 24.8 Å². The monoisotopic (exact) mass is 284 g/mol. The molecule has 0 saturated carbocycles. The second-order valence-electron chi connectivity index (χ2n) is 5.40. The Morgan fingerprint density at radius 3 is 3.10 bits per heavy atom. The SMILES string of the molecule is O=C(Nc1cccc(Cn2cccn2)c1)[C@H]1CCCCN1. The minimum Gasteiger partial charge on any atom is -0.325 e. The molecule has 21 heavy (non-hydrogen) atoms. The highest BCUT2D eigenvalue weighted by molar-refractivity contribution is 5.94. The summed E-state index contributed by atoms with van der Waals surface area (Å²) in [6.45, 7) is 1.63. The first kappa shape index (κ1) is 13.8. The summed E-state index contributed by atoms with van der Waals surface area (Å²) in [7, 11) is 0. The van der Waals surface area contributed by atoms with Gasteiger partial charge in [0.05, 0.1) is 12.6 Å². The molecule has 5 nitrogen and oxygen atoms in total. The Morgan fingerprint density at radius 2 is 2.33 bits per heavy atom. The van der Waals surface area contributed by atoms with E-state index in [1.54, 1.807) is 6.20 Å². The van der Waals surface area contributed by atoms with E-state index in [9.17, 15) is 4.79 Å². The van der Waals surface area contributed by atoms with E-state index in [2.05, 4.69) is 15.7 Å². The number of nitrogens with zero attached hydrogens (tertiary/aromatic N) is 2. The van der Waals surface area contributed by atoms with Gasteiger partial charge in [0.25, 0.3) is 0 Å². The van der Waals surface area contributed by atoms with Crippen LogP contribution in [0.2, 0.25) is 0 Å². The molecule has 3 rings (SSSR count). The lowest BCUT2D eigenvalue weighted by atomic mass is 10.0. The van der Waals surface area contributed by atoms with Crippen molar-refractivity contribution < 1.29 is 4.79 Å². The second kappa shape index (κ2) is 6.54. The third-order valence-corrected chi connectivity index (χ3v) is 3.73. The highest BCUT2D eigenvalue weighted by atomic mass is 16.2. The Morgan fingerprint density at radius 1 is 1.38 bits per heavy atom. The molecule has 1 aliphatic rings. The molecule has 0 aliphatic carbocycles. The molecule has 1 aliphatic heterocycles. The third-order valence-electron chi connectivity index (χ3n) is 3.73. The maximum absolute atomic E-state index is 12.2. The van der Waals surface area contributed by atoms with Crippen molar-refractivity contribution in [2.45, 2.75) is 31.8 Å². The van der Waals surface area contributed by atoms with Gasteiger partial charge in [-0.3, -0.25) is 9.48 Å². The van der Waals surface area contributed by atoms with Crippen molar-refractivity contribution in [2.24, 2.45) is 0 Å². The van der Waals surface area contributed by atoms with Crippen molar-refractivity contribution in [1.29, 1.82) is 0 Å². The molecule has 2 aromatic rings. The van der Waals surface area contributed by atoms with Gasteiger partial charge in [-0.2, -0.15) is 5.10 Å². The van der Waals surface area contributed by atoms with Gasteiger partial charge in [0.1, 0.15) is 0 Å². The number of benzene rings is 1. The Bertz CT molecular complexity index is 588. The summed E-state index contributed by atoms with van der Waals surface area (Å²) in [4.78, 5) is 12.2. The summed E-state index contributed by atoms with van der Waals surface area (Å²) >= 11 is 0. The normalized spacial score (nSPS) is 18.4. The van der Waals surface area contributed by atoms with Gasteiger partial charge in [-0.15, -0.1) is 0 Å². The van der Waals surface area contributed by atoms with Gasteiger partial charge in [0.2, 0.25) is 5.91 Å². The van der Waals surface area contributed by atoms with Crippen molar-refractivity contribution in [1.82, 2.24) is 15.1 Å². The summed E-state index contributed by atoms with van der Waals surface area (Å²) < 4.78 is 1.86. The topological polar surface area (TPSA) is 59.0 Å². The molecule has 0 bridgehead atoms. The molecule has 0 spiro atoms. The fourth-order valence-electron chi connectivity index (χ4n) is 2.63. The number of aromatic nitrogens is 2. The average molecular weight is 284 g/mol. The highest BCUT2D eigenvalue weighted by Crippen LogP contribution is 2.14. The molecular formula is C16H20N4O. The summed E-state index contributed by atoms with van der Waals surface area (Å²) in [6.07, 6.45) is 6.88. The summed E-state index contributed by atoms with van der Waals surface area (Å²) in [5.74, 6) is 0.0611. The maximum Gasteiger partial charge on any atom is 0.241 e. The van der Waals surface area contributed by atoms with E-state index >= 15 is 0 Å². The fraction of sp³-hybridized carbons (Fsp3) is 0.375. The summed E-state index contributed by atoms with van der Waals surface area (Å²) in [6, 6.07) is 9.77. The Labute approximate surface area is 124 Å². The zero-order valence-corrected chi connectivity index (χ0v) is 12.0. The van der Waals surface area contributed by atoms with E-state index in [0.717, 1.165) is 37.1 Å². The van der Waals surface area contributed by atoms with Crippen LogP contribution in [0.25, 0.3) is 0 Å². The molecule has 0 radical (unpaired) electrons. The van der Waals surface area contributed by atoms with Crippen molar-refractivity contribution in [3.63, 3.8) is 0 Å². The van der Waals surface area contributed by atoms with Crippen LogP contribution >= 0.6 is 0 Å². The lowest BCUT2D eigenvalue weighted by Gasteiger charge is -2.22. The van der Waals surface area contributed by atoms with Crippen LogP contribution in [-0.2, 0) is 11.3 Å². The lowest BCUT2D eigenvalue weighted by molar-refractivity contribution is -0.118. The number of carbonyl (C=O) groups excluding carboxylic acids is 1. The van der Waals surface area contributed by atoms with E-state index in [1.165, 1.54) is 0 Å². The molecule has 1 aromatic carbocycles. The van der Waals surface area contributed by atoms with Crippen LogP contribution in [0.5, 0.6) is 0 Å². The molecule has 2 N–H and O–H groups in total. The molecule has 1 fully saturated rings. The quantitative estimate of drug-likeness (QED) is 0.903. The van der Waals surface area contributed by atoms with Gasteiger partial charge in [-0.25, -0.2) is 0 Å². The van der Waals surface area contributed by atoms with Crippen molar-refractivity contribution in [3.05, 3.63) is 48.3 Å². The van der Waals surface area contributed by atoms with Crippen LogP contribution in [0.3, 0.4) is 0 Å². The van der Waals surface area contributed by atoms with Gasteiger partial charge < -0.3 is 10.6 Å². The first-order valence-electron chi connectivity index (χ1n) is 7.42. The zero-order chi connectivity index (χ0) is 14.5. The number of rotatable bonds is 4. The average Bonchev–Trinajstić information content (AvgIpc) is 3.01. The fourth-order valence-corrected chi connectivity index (χ4v) is 2.63. The van der Waals surface area contributed by atoms with Gasteiger partial charge in [0, 0.05) is 18.1 Å². The van der Waals surface area contributed by atoms with Crippen LogP contribution in [0, 0.1) is 0 Å². The molecule has 1 atom stereocenters. The number of carbonyl (C=O) groups is 1. The molecule has 110 valence electrons. The highest BCUT2D eigenvalue weighted by Gasteiger charge is 2.20. The predicted octanol–water partition coefficient (Wildman–Crippen LogP) is 2.01. The molecule has 0 unspecified atom stereocenters. The zero-order valence-electron chi connectivity index (χ0n) is 12.0. The Kier molecular flexibility index (Phi) is 4.31. The number of amides is 1. The molecule has 2 heterocycles. The van der Waals surface area contributed by atoms with E-state index < -0.39 is 0 Å². The predicted molar refractivity (Wildman–Crippen MR) is 82.0 cm³/mol. The number of piperidine rings is 1. The number of nitrogens with one attached hydrogen (secondary N) is 2.